The maximum atomic E-state index is 13.2. The van der Waals surface area contributed by atoms with Crippen LogP contribution >= 0.6 is 23.2 Å². The molecule has 1 aliphatic rings. The van der Waals surface area contributed by atoms with Crippen molar-refractivity contribution >= 4 is 46.1 Å². The molecule has 3 aromatic rings. The van der Waals surface area contributed by atoms with E-state index in [1.165, 1.54) is 11.6 Å². The minimum Gasteiger partial charge on any atom is -0.465 e. The number of carbonyl (C=O) groups is 1. The second-order valence-corrected chi connectivity index (χ2v) is 8.74. The summed E-state index contributed by atoms with van der Waals surface area (Å²) in [6.07, 6.45) is 0.355. The Hall–Kier alpha value is -2.91. The highest BCUT2D eigenvalue weighted by molar-refractivity contribution is 6.38. The number of piperidine rings is 1. The van der Waals surface area contributed by atoms with Crippen molar-refractivity contribution in [2.75, 3.05) is 18.0 Å². The van der Waals surface area contributed by atoms with Crippen molar-refractivity contribution in [2.24, 2.45) is 14.1 Å². The third kappa shape index (κ3) is 3.75. The minimum atomic E-state index is -1.09. The predicted octanol–water partition coefficient (Wildman–Crippen LogP) is 2.63. The van der Waals surface area contributed by atoms with Crippen LogP contribution in [0.25, 0.3) is 11.0 Å². The van der Waals surface area contributed by atoms with E-state index in [0.717, 1.165) is 16.6 Å². The number of anilines is 1. The Kier molecular flexibility index (Phi) is 5.96. The summed E-state index contributed by atoms with van der Waals surface area (Å²) in [4.78, 5) is 38.9. The zero-order valence-corrected chi connectivity index (χ0v) is 19.2. The van der Waals surface area contributed by atoms with Gasteiger partial charge in [0, 0.05) is 38.2 Å². The molecule has 170 valence electrons. The van der Waals surface area contributed by atoms with Crippen LogP contribution in [0.5, 0.6) is 0 Å². The standard InChI is InChI=1S/C21H23Cl2N5O4/c1-25-16-15(23)18(27-9-5-7-13(11-27)24-20(30)31)28(10-12-6-3-4-8-14(12)22)17(16)19(29)26(2)21(25)32/h3-4,6,8,13,24H,5,7,9-11H2,1-2H3,(H,30,31)/t13-/m1/s1. The van der Waals surface area contributed by atoms with E-state index >= 15 is 0 Å². The van der Waals surface area contributed by atoms with Gasteiger partial charge in [-0.05, 0) is 24.5 Å². The molecule has 2 aromatic heterocycles. The Morgan fingerprint density at radius 1 is 1.16 bits per heavy atom. The lowest BCUT2D eigenvalue weighted by molar-refractivity contribution is 0.188. The molecule has 9 nitrogen and oxygen atoms in total. The molecule has 0 unspecified atom stereocenters. The highest BCUT2D eigenvalue weighted by Gasteiger charge is 2.30. The Labute approximate surface area is 193 Å². The molecule has 1 atom stereocenters. The largest absolute Gasteiger partial charge is 0.465 e. The van der Waals surface area contributed by atoms with Crippen molar-refractivity contribution in [2.45, 2.75) is 25.4 Å². The third-order valence-electron chi connectivity index (χ3n) is 5.91. The van der Waals surface area contributed by atoms with Gasteiger partial charge in [-0.25, -0.2) is 9.59 Å². The van der Waals surface area contributed by atoms with E-state index in [0.29, 0.717) is 41.4 Å². The Morgan fingerprint density at radius 3 is 2.56 bits per heavy atom. The molecule has 11 heteroatoms. The van der Waals surface area contributed by atoms with Gasteiger partial charge in [-0.15, -0.1) is 0 Å². The number of amides is 1. The van der Waals surface area contributed by atoms with E-state index in [1.54, 1.807) is 17.7 Å². The Balaban J connectivity index is 1.96. The van der Waals surface area contributed by atoms with Crippen LogP contribution in [0.15, 0.2) is 33.9 Å². The molecule has 32 heavy (non-hydrogen) atoms. The lowest BCUT2D eigenvalue weighted by Crippen LogP contribution is -2.48. The topological polar surface area (TPSA) is 102 Å². The van der Waals surface area contributed by atoms with Crippen LogP contribution in [0, 0.1) is 0 Å². The predicted molar refractivity (Wildman–Crippen MR) is 124 cm³/mol. The summed E-state index contributed by atoms with van der Waals surface area (Å²) in [7, 11) is 3.00. The first-order valence-corrected chi connectivity index (χ1v) is 10.9. The quantitative estimate of drug-likeness (QED) is 0.598. The van der Waals surface area contributed by atoms with Gasteiger partial charge in [0.25, 0.3) is 5.56 Å². The van der Waals surface area contributed by atoms with Crippen LogP contribution in [0.3, 0.4) is 0 Å². The van der Waals surface area contributed by atoms with Gasteiger partial charge in [-0.2, -0.15) is 0 Å². The highest BCUT2D eigenvalue weighted by Crippen LogP contribution is 2.37. The lowest BCUT2D eigenvalue weighted by atomic mass is 10.1. The molecule has 2 N–H and O–H groups in total. The molecular formula is C21H23Cl2N5O4. The fourth-order valence-electron chi connectivity index (χ4n) is 4.37. The molecule has 0 radical (unpaired) electrons. The van der Waals surface area contributed by atoms with Crippen LogP contribution < -0.4 is 21.5 Å². The molecule has 1 saturated heterocycles. The molecule has 1 aromatic carbocycles. The molecule has 0 bridgehead atoms. The number of hydrogen-bond acceptors (Lipinski definition) is 4. The van der Waals surface area contributed by atoms with Crippen molar-refractivity contribution < 1.29 is 9.90 Å². The highest BCUT2D eigenvalue weighted by atomic mass is 35.5. The summed E-state index contributed by atoms with van der Waals surface area (Å²) < 4.78 is 4.20. The van der Waals surface area contributed by atoms with Gasteiger partial charge in [0.15, 0.2) is 0 Å². The summed E-state index contributed by atoms with van der Waals surface area (Å²) in [5.74, 6) is 0.566. The number of hydrogen-bond donors (Lipinski definition) is 2. The Bertz CT molecular complexity index is 1330. The summed E-state index contributed by atoms with van der Waals surface area (Å²) in [6, 6.07) is 7.03. The average molecular weight is 480 g/mol. The van der Waals surface area contributed by atoms with Gasteiger partial charge in [0.2, 0.25) is 0 Å². The smallest absolute Gasteiger partial charge is 0.404 e. The van der Waals surface area contributed by atoms with Crippen molar-refractivity contribution in [1.29, 1.82) is 0 Å². The van der Waals surface area contributed by atoms with Crippen LogP contribution in [0.2, 0.25) is 10.0 Å². The number of aromatic nitrogens is 3. The number of benzene rings is 1. The molecular weight excluding hydrogens is 457 g/mol. The fourth-order valence-corrected chi connectivity index (χ4v) is 5.01. The van der Waals surface area contributed by atoms with E-state index in [4.69, 9.17) is 28.3 Å². The number of carboxylic acid groups (broad SMARTS) is 1. The average Bonchev–Trinajstić information content (AvgIpc) is 3.04. The van der Waals surface area contributed by atoms with Crippen molar-refractivity contribution in [3.8, 4) is 0 Å². The van der Waals surface area contributed by atoms with Crippen LogP contribution in [-0.4, -0.2) is 44.0 Å². The third-order valence-corrected chi connectivity index (χ3v) is 6.62. The SMILES string of the molecule is Cn1c(=O)c2c(c(Cl)c(N3CCC[C@@H](NC(=O)O)C3)n2Cc2ccccc2Cl)n(C)c1=O. The lowest BCUT2D eigenvalue weighted by Gasteiger charge is -2.35. The number of halogens is 2. The van der Waals surface area contributed by atoms with Gasteiger partial charge in [0.1, 0.15) is 16.4 Å². The zero-order chi connectivity index (χ0) is 23.2. The molecule has 3 heterocycles. The number of aryl methyl sites for hydroxylation is 1. The zero-order valence-electron chi connectivity index (χ0n) is 17.6. The monoisotopic (exact) mass is 479 g/mol. The molecule has 0 saturated carbocycles. The first kappa shape index (κ1) is 22.3. The first-order valence-electron chi connectivity index (χ1n) is 10.2. The fraction of sp³-hybridized carbons (Fsp3) is 0.381. The summed E-state index contributed by atoms with van der Waals surface area (Å²) >= 11 is 13.2. The number of nitrogens with zero attached hydrogens (tertiary/aromatic N) is 4. The Morgan fingerprint density at radius 2 is 1.88 bits per heavy atom. The van der Waals surface area contributed by atoms with Gasteiger partial charge < -0.3 is 19.9 Å². The molecule has 1 amide bonds. The van der Waals surface area contributed by atoms with Crippen molar-refractivity contribution in [1.82, 2.24) is 19.0 Å². The number of nitrogens with one attached hydrogen (secondary N) is 1. The molecule has 0 aliphatic carbocycles. The van der Waals surface area contributed by atoms with E-state index in [1.807, 2.05) is 23.1 Å². The van der Waals surface area contributed by atoms with Crippen LogP contribution in [0.4, 0.5) is 10.6 Å². The second-order valence-electron chi connectivity index (χ2n) is 7.95. The van der Waals surface area contributed by atoms with Gasteiger partial charge >= 0.3 is 11.8 Å². The van der Waals surface area contributed by atoms with E-state index in [-0.39, 0.29) is 17.6 Å². The second kappa shape index (κ2) is 8.55. The molecule has 1 fully saturated rings. The molecule has 4 rings (SSSR count). The van der Waals surface area contributed by atoms with Crippen LogP contribution in [0.1, 0.15) is 18.4 Å². The number of rotatable bonds is 4. The van der Waals surface area contributed by atoms with E-state index in [9.17, 15) is 14.4 Å². The maximum Gasteiger partial charge on any atom is 0.404 e. The first-order chi connectivity index (χ1) is 15.2. The maximum absolute atomic E-state index is 13.2. The van der Waals surface area contributed by atoms with Crippen molar-refractivity contribution in [3.63, 3.8) is 0 Å². The summed E-state index contributed by atoms with van der Waals surface area (Å²) in [6.45, 7) is 1.28. The number of fused-ring (bicyclic) bond motifs is 1. The summed E-state index contributed by atoms with van der Waals surface area (Å²) in [5.41, 5.74) is 0.491. The van der Waals surface area contributed by atoms with Crippen LogP contribution in [-0.2, 0) is 20.6 Å². The summed E-state index contributed by atoms with van der Waals surface area (Å²) in [5, 5.41) is 12.5. The van der Waals surface area contributed by atoms with Gasteiger partial charge in [-0.3, -0.25) is 13.9 Å². The molecule has 0 spiro atoms. The molecule has 1 aliphatic heterocycles. The van der Waals surface area contributed by atoms with Gasteiger partial charge in [-0.1, -0.05) is 41.4 Å². The van der Waals surface area contributed by atoms with Gasteiger partial charge in [0.05, 0.1) is 12.1 Å². The minimum absolute atomic E-state index is 0.263. The van der Waals surface area contributed by atoms with Crippen molar-refractivity contribution in [3.05, 3.63) is 60.7 Å². The normalized spacial score (nSPS) is 16.5. The van der Waals surface area contributed by atoms with E-state index in [2.05, 4.69) is 5.32 Å². The van der Waals surface area contributed by atoms with E-state index < -0.39 is 17.3 Å².